The lowest BCUT2D eigenvalue weighted by atomic mass is 9.99. The summed E-state index contributed by atoms with van der Waals surface area (Å²) < 4.78 is 34.6. The summed E-state index contributed by atoms with van der Waals surface area (Å²) in [5, 5.41) is 50.8. The van der Waals surface area contributed by atoms with Gasteiger partial charge in [0.1, 0.15) is 30.5 Å². The first-order valence-electron chi connectivity index (χ1n) is 11.8. The number of hydrogen-bond donors (Lipinski definition) is 5. The molecule has 1 unspecified atom stereocenters. The van der Waals surface area contributed by atoms with Gasteiger partial charge in [-0.2, -0.15) is 5.26 Å². The van der Waals surface area contributed by atoms with Gasteiger partial charge in [0.05, 0.1) is 0 Å². The largest absolute Gasteiger partial charge is 0.388 e. The number of aliphatic hydroxyl groups is 4. The Morgan fingerprint density at radius 3 is 2.42 bits per heavy atom. The molecule has 2 heterocycles. The number of allylic oxidation sites excluding steroid dienone is 1. The molecule has 1 aromatic heterocycles. The van der Waals surface area contributed by atoms with Crippen molar-refractivity contribution in [3.8, 4) is 17.3 Å². The van der Waals surface area contributed by atoms with Gasteiger partial charge in [0.2, 0.25) is 0 Å². The molecule has 5 N–H and O–H groups in total. The normalized spacial score (nSPS) is 24.4. The molecule has 1 fully saturated rings. The number of aromatic nitrogens is 1. The molecule has 5 atom stereocenters. The van der Waals surface area contributed by atoms with E-state index in [1.807, 2.05) is 55.4 Å². The first kappa shape index (κ1) is 27.7. The van der Waals surface area contributed by atoms with Crippen LogP contribution in [-0.4, -0.2) is 84.8 Å². The lowest BCUT2D eigenvalue weighted by Crippen LogP contribution is -2.59. The first-order valence-corrected chi connectivity index (χ1v) is 13.3. The molecular formula is C26H30N4O7S. The molecule has 4 rings (SSSR count). The van der Waals surface area contributed by atoms with E-state index < -0.39 is 52.2 Å². The number of nitrogens with one attached hydrogen (secondary N) is 1. The number of aliphatic hydroxyl groups excluding tert-OH is 4. The zero-order valence-corrected chi connectivity index (χ0v) is 21.9. The monoisotopic (exact) mass is 542 g/mol. The summed E-state index contributed by atoms with van der Waals surface area (Å²) >= 11 is 0. The highest BCUT2D eigenvalue weighted by atomic mass is 32.2. The Bertz CT molecular complexity index is 1510. The molecule has 0 saturated carbocycles. The number of fused-ring (bicyclic) bond motifs is 1. The van der Waals surface area contributed by atoms with Crippen LogP contribution in [0.1, 0.15) is 5.69 Å². The van der Waals surface area contributed by atoms with Crippen LogP contribution >= 0.6 is 0 Å². The minimum Gasteiger partial charge on any atom is -0.388 e. The molecule has 0 radical (unpaired) electrons. The van der Waals surface area contributed by atoms with Gasteiger partial charge in [-0.05, 0) is 52.7 Å². The third-order valence-corrected chi connectivity index (χ3v) is 7.97. The summed E-state index contributed by atoms with van der Waals surface area (Å²) in [6.07, 6.45) is -7.05. The van der Waals surface area contributed by atoms with Gasteiger partial charge in [0.25, 0.3) is 10.0 Å². The van der Waals surface area contributed by atoms with E-state index in [0.29, 0.717) is 5.69 Å². The topological polar surface area (TPSA) is 168 Å². The average molecular weight is 543 g/mol. The maximum absolute atomic E-state index is 12.8. The maximum atomic E-state index is 12.8. The number of benzene rings is 2. The standard InChI is InChI=1S/C26H30N4O7S/c1-29(2)18-7-6-15-10-17(5-4-16(15)11-18)21-9-8-19(30(21)3)12-20(13-27)38(35,36)28-14-22-23(31)24(32)25(33)26(34)37-22/h4-12,22-26,28,31-34H,14H2,1-3H3/b20-12+/t22-,23-,24+,25-,26?/m1/s1. The van der Waals surface area contributed by atoms with Crippen LogP contribution in [0, 0.1) is 11.3 Å². The minimum atomic E-state index is -4.34. The van der Waals surface area contributed by atoms with Crippen molar-refractivity contribution >= 4 is 32.6 Å². The highest BCUT2D eigenvalue weighted by Crippen LogP contribution is 2.29. The minimum absolute atomic E-state index is 0.466. The lowest BCUT2D eigenvalue weighted by molar-refractivity contribution is -0.279. The SMILES string of the molecule is CN(C)c1ccc2cc(-c3ccc(/C=C(\C#N)S(=O)(=O)NC[C@H]4OC(O)[C@H](O)[C@@H](O)[C@@H]4O)n3C)ccc2c1. The van der Waals surface area contributed by atoms with Crippen LogP contribution in [-0.2, 0) is 21.8 Å². The third kappa shape index (κ3) is 5.45. The van der Waals surface area contributed by atoms with E-state index in [1.54, 1.807) is 23.8 Å². The van der Waals surface area contributed by atoms with E-state index in [0.717, 1.165) is 27.7 Å². The molecule has 38 heavy (non-hydrogen) atoms. The Kier molecular flexibility index (Phi) is 7.91. The summed E-state index contributed by atoms with van der Waals surface area (Å²) in [5.74, 6) is 0. The van der Waals surface area contributed by atoms with Crippen LogP contribution < -0.4 is 9.62 Å². The van der Waals surface area contributed by atoms with E-state index in [9.17, 15) is 34.1 Å². The van der Waals surface area contributed by atoms with Crippen LogP contribution in [0.2, 0.25) is 0 Å². The molecule has 11 nitrogen and oxygen atoms in total. The summed E-state index contributed by atoms with van der Waals surface area (Å²) in [6.45, 7) is -0.547. The predicted octanol–water partition coefficient (Wildman–Crippen LogP) is 0.495. The molecule has 1 saturated heterocycles. The lowest BCUT2D eigenvalue weighted by Gasteiger charge is -2.38. The summed E-state index contributed by atoms with van der Waals surface area (Å²) in [5.41, 5.74) is 3.29. The van der Waals surface area contributed by atoms with Gasteiger partial charge in [0.15, 0.2) is 11.2 Å². The highest BCUT2D eigenvalue weighted by molar-refractivity contribution is 7.93. The van der Waals surface area contributed by atoms with Crippen LogP contribution in [0.3, 0.4) is 0 Å². The Labute approximate surface area is 220 Å². The van der Waals surface area contributed by atoms with Crippen molar-refractivity contribution in [2.24, 2.45) is 7.05 Å². The third-order valence-electron chi connectivity index (χ3n) is 6.64. The Morgan fingerprint density at radius 2 is 1.74 bits per heavy atom. The first-order chi connectivity index (χ1) is 17.9. The zero-order valence-electron chi connectivity index (χ0n) is 21.1. The second-order valence-corrected chi connectivity index (χ2v) is 11.1. The number of hydrogen-bond acceptors (Lipinski definition) is 9. The molecule has 12 heteroatoms. The van der Waals surface area contributed by atoms with E-state index in [4.69, 9.17) is 4.74 Å². The highest BCUT2D eigenvalue weighted by Gasteiger charge is 2.43. The fourth-order valence-electron chi connectivity index (χ4n) is 4.31. The summed E-state index contributed by atoms with van der Waals surface area (Å²) in [7, 11) is 1.38. The Hall–Kier alpha value is -3.28. The van der Waals surface area contributed by atoms with E-state index in [1.165, 1.54) is 6.08 Å². The molecule has 1 aliphatic heterocycles. The number of sulfonamides is 1. The fourth-order valence-corrected chi connectivity index (χ4v) is 5.24. The van der Waals surface area contributed by atoms with Crippen LogP contribution in [0.25, 0.3) is 28.1 Å². The van der Waals surface area contributed by atoms with Gasteiger partial charge in [-0.1, -0.05) is 18.2 Å². The molecule has 2 aromatic carbocycles. The van der Waals surface area contributed by atoms with Gasteiger partial charge in [0, 0.05) is 44.8 Å². The van der Waals surface area contributed by atoms with Crippen molar-refractivity contribution in [1.82, 2.24) is 9.29 Å². The van der Waals surface area contributed by atoms with Gasteiger partial charge in [-0.3, -0.25) is 0 Å². The molecule has 202 valence electrons. The van der Waals surface area contributed by atoms with Crippen LogP contribution in [0.4, 0.5) is 5.69 Å². The maximum Gasteiger partial charge on any atom is 0.250 e. The van der Waals surface area contributed by atoms with Crippen molar-refractivity contribution in [1.29, 1.82) is 5.26 Å². The van der Waals surface area contributed by atoms with Crippen molar-refractivity contribution in [3.63, 3.8) is 0 Å². The van der Waals surface area contributed by atoms with E-state index >= 15 is 0 Å². The molecule has 1 aliphatic rings. The van der Waals surface area contributed by atoms with Gasteiger partial charge >= 0.3 is 0 Å². The van der Waals surface area contributed by atoms with Crippen molar-refractivity contribution in [2.45, 2.75) is 30.7 Å². The number of ether oxygens (including phenoxy) is 1. The molecule has 3 aromatic rings. The van der Waals surface area contributed by atoms with Crippen molar-refractivity contribution in [3.05, 3.63) is 59.1 Å². The molecular weight excluding hydrogens is 512 g/mol. The number of rotatable bonds is 7. The van der Waals surface area contributed by atoms with Gasteiger partial charge < -0.3 is 34.6 Å². The number of anilines is 1. The van der Waals surface area contributed by atoms with Gasteiger partial charge in [-0.25, -0.2) is 13.1 Å². The fraction of sp³-hybridized carbons (Fsp3) is 0.346. The zero-order chi connectivity index (χ0) is 27.8. The number of nitriles is 1. The van der Waals surface area contributed by atoms with E-state index in [-0.39, 0.29) is 0 Å². The molecule has 0 bridgehead atoms. The van der Waals surface area contributed by atoms with Crippen LogP contribution in [0.15, 0.2) is 53.4 Å². The summed E-state index contributed by atoms with van der Waals surface area (Å²) in [4.78, 5) is 1.45. The van der Waals surface area contributed by atoms with Gasteiger partial charge in [-0.15, -0.1) is 0 Å². The van der Waals surface area contributed by atoms with Crippen molar-refractivity contribution < 1.29 is 33.6 Å². The Morgan fingerprint density at radius 1 is 1.05 bits per heavy atom. The second-order valence-electron chi connectivity index (χ2n) is 9.35. The summed E-state index contributed by atoms with van der Waals surface area (Å²) in [6, 6.07) is 17.4. The molecule has 0 amide bonds. The quantitative estimate of drug-likeness (QED) is 0.267. The molecule has 0 aliphatic carbocycles. The van der Waals surface area contributed by atoms with Crippen molar-refractivity contribution in [2.75, 3.05) is 25.5 Å². The van der Waals surface area contributed by atoms with Crippen LogP contribution in [0.5, 0.6) is 0 Å². The average Bonchev–Trinajstić information content (AvgIpc) is 3.26. The number of nitrogens with zero attached hydrogens (tertiary/aromatic N) is 3. The second kappa shape index (κ2) is 10.8. The van der Waals surface area contributed by atoms with E-state index in [2.05, 4.69) is 10.8 Å². The predicted molar refractivity (Wildman–Crippen MR) is 142 cm³/mol. The molecule has 0 spiro atoms. The Balaban J connectivity index is 1.55. The smallest absolute Gasteiger partial charge is 0.250 e.